The lowest BCUT2D eigenvalue weighted by atomic mass is 10.2. The summed E-state index contributed by atoms with van der Waals surface area (Å²) in [6.07, 6.45) is 6.37. The van der Waals surface area contributed by atoms with Crippen molar-refractivity contribution in [1.29, 1.82) is 0 Å². The van der Waals surface area contributed by atoms with Crippen LogP contribution in [-0.4, -0.2) is 53.5 Å². The average Bonchev–Trinajstić information content (AvgIpc) is 2.17. The molecular formula is C11H26ClMgN. The summed E-state index contributed by atoms with van der Waals surface area (Å²) in [6, 6.07) is 0. The first-order valence-electron chi connectivity index (χ1n) is 5.63. The van der Waals surface area contributed by atoms with Gasteiger partial charge in [-0.3, -0.25) is 0 Å². The Balaban J connectivity index is 0. The van der Waals surface area contributed by atoms with Crippen LogP contribution in [-0.2, 0) is 0 Å². The van der Waals surface area contributed by atoms with Crippen LogP contribution >= 0.6 is 11.6 Å². The molecule has 0 rings (SSSR count). The Morgan fingerprint density at radius 3 is 1.64 bits per heavy atom. The lowest BCUT2D eigenvalue weighted by molar-refractivity contribution is 0.266. The molecule has 0 fully saturated rings. The third-order valence-corrected chi connectivity index (χ3v) is 2.53. The SMILES string of the molecule is CCCCN(CCCC)CCCCl.[MgH2]. The van der Waals surface area contributed by atoms with Crippen LogP contribution in [0.4, 0.5) is 0 Å². The van der Waals surface area contributed by atoms with Gasteiger partial charge in [0.15, 0.2) is 0 Å². The molecule has 0 atom stereocenters. The molecule has 0 heterocycles. The first kappa shape index (κ1) is 17.4. The zero-order valence-corrected chi connectivity index (χ0v) is 9.95. The predicted molar refractivity (Wildman–Crippen MR) is 70.1 cm³/mol. The van der Waals surface area contributed by atoms with E-state index in [1.54, 1.807) is 0 Å². The third kappa shape index (κ3) is 11.1. The van der Waals surface area contributed by atoms with E-state index in [2.05, 4.69) is 18.7 Å². The zero-order valence-electron chi connectivity index (χ0n) is 9.19. The summed E-state index contributed by atoms with van der Waals surface area (Å²) in [5, 5.41) is 0. The molecule has 0 bridgehead atoms. The van der Waals surface area contributed by atoms with Crippen LogP contribution in [0.3, 0.4) is 0 Å². The molecule has 0 aromatic carbocycles. The summed E-state index contributed by atoms with van der Waals surface area (Å²) >= 11 is 5.69. The zero-order chi connectivity index (χ0) is 9.94. The quantitative estimate of drug-likeness (QED) is 0.436. The van der Waals surface area contributed by atoms with E-state index < -0.39 is 0 Å². The first-order chi connectivity index (χ1) is 6.35. The van der Waals surface area contributed by atoms with Crippen molar-refractivity contribution in [2.75, 3.05) is 25.5 Å². The summed E-state index contributed by atoms with van der Waals surface area (Å²) in [5.41, 5.74) is 0. The highest BCUT2D eigenvalue weighted by molar-refractivity contribution is 6.17. The second-order valence-corrected chi connectivity index (χ2v) is 3.97. The van der Waals surface area contributed by atoms with Gasteiger partial charge in [0.05, 0.1) is 0 Å². The van der Waals surface area contributed by atoms with Crippen molar-refractivity contribution in [3.63, 3.8) is 0 Å². The number of rotatable bonds is 9. The Bertz CT molecular complexity index is 82.3. The molecule has 0 radical (unpaired) electrons. The standard InChI is InChI=1S/C11H24ClN.Mg.2H/c1-3-5-9-13(10-6-4-2)11-7-8-12;;;/h3-11H2,1-2H3;;;. The van der Waals surface area contributed by atoms with E-state index in [4.69, 9.17) is 11.6 Å². The maximum atomic E-state index is 5.69. The lowest BCUT2D eigenvalue weighted by Gasteiger charge is -2.21. The van der Waals surface area contributed by atoms with Crippen molar-refractivity contribution in [3.05, 3.63) is 0 Å². The van der Waals surface area contributed by atoms with E-state index in [9.17, 15) is 0 Å². The van der Waals surface area contributed by atoms with Gasteiger partial charge in [-0.25, -0.2) is 0 Å². The Labute approximate surface area is 111 Å². The van der Waals surface area contributed by atoms with Gasteiger partial charge in [-0.05, 0) is 38.9 Å². The second-order valence-electron chi connectivity index (χ2n) is 3.59. The molecule has 3 heteroatoms. The van der Waals surface area contributed by atoms with Crippen LogP contribution in [0.1, 0.15) is 46.0 Å². The van der Waals surface area contributed by atoms with E-state index in [-0.39, 0.29) is 23.1 Å². The van der Waals surface area contributed by atoms with Crippen LogP contribution < -0.4 is 0 Å². The van der Waals surface area contributed by atoms with Gasteiger partial charge in [-0.2, -0.15) is 0 Å². The second kappa shape index (κ2) is 14.0. The van der Waals surface area contributed by atoms with Crippen molar-refractivity contribution in [1.82, 2.24) is 4.90 Å². The van der Waals surface area contributed by atoms with Crippen LogP contribution in [0.25, 0.3) is 0 Å². The fraction of sp³-hybridized carbons (Fsp3) is 1.00. The number of hydrogen-bond acceptors (Lipinski definition) is 1. The molecule has 0 spiro atoms. The molecule has 0 amide bonds. The number of nitrogens with zero attached hydrogens (tertiary/aromatic N) is 1. The highest BCUT2D eigenvalue weighted by atomic mass is 35.5. The maximum absolute atomic E-state index is 5.69. The molecule has 0 unspecified atom stereocenters. The molecule has 0 N–H and O–H groups in total. The number of unbranched alkanes of at least 4 members (excludes halogenated alkanes) is 2. The minimum absolute atomic E-state index is 0. The highest BCUT2D eigenvalue weighted by Crippen LogP contribution is 2.00. The fourth-order valence-electron chi connectivity index (χ4n) is 1.38. The smallest absolute Gasteiger partial charge is 0.303 e. The molecule has 0 aromatic rings. The fourth-order valence-corrected chi connectivity index (χ4v) is 1.50. The maximum Gasteiger partial charge on any atom is 0.316 e. The summed E-state index contributed by atoms with van der Waals surface area (Å²) in [5.74, 6) is 0.800. The molecule has 84 valence electrons. The Morgan fingerprint density at radius 2 is 1.29 bits per heavy atom. The molecule has 1 nitrogen and oxygen atoms in total. The van der Waals surface area contributed by atoms with Crippen molar-refractivity contribution < 1.29 is 0 Å². The Hall–Kier alpha value is 1.02. The van der Waals surface area contributed by atoms with Gasteiger partial charge in [0.25, 0.3) is 0 Å². The van der Waals surface area contributed by atoms with Crippen LogP contribution in [0.2, 0.25) is 0 Å². The molecule has 0 aromatic heterocycles. The average molecular weight is 232 g/mol. The van der Waals surface area contributed by atoms with Gasteiger partial charge >= 0.3 is 23.1 Å². The van der Waals surface area contributed by atoms with Gasteiger partial charge in [0.2, 0.25) is 0 Å². The summed E-state index contributed by atoms with van der Waals surface area (Å²) in [7, 11) is 0. The molecule has 14 heavy (non-hydrogen) atoms. The van der Waals surface area contributed by atoms with E-state index in [0.717, 1.165) is 12.3 Å². The Morgan fingerprint density at radius 1 is 0.857 bits per heavy atom. The van der Waals surface area contributed by atoms with Gasteiger partial charge in [-0.1, -0.05) is 26.7 Å². The Kier molecular flexibility index (Phi) is 17.4. The summed E-state index contributed by atoms with van der Waals surface area (Å²) in [4.78, 5) is 2.55. The first-order valence-corrected chi connectivity index (χ1v) is 6.16. The van der Waals surface area contributed by atoms with Crippen LogP contribution in [0.5, 0.6) is 0 Å². The summed E-state index contributed by atoms with van der Waals surface area (Å²) in [6.45, 7) is 8.20. The normalized spacial score (nSPS) is 10.3. The largest absolute Gasteiger partial charge is 0.316 e. The van der Waals surface area contributed by atoms with Crippen LogP contribution in [0.15, 0.2) is 0 Å². The third-order valence-electron chi connectivity index (χ3n) is 2.26. The number of alkyl halides is 1. The van der Waals surface area contributed by atoms with Crippen molar-refractivity contribution >= 4 is 34.7 Å². The van der Waals surface area contributed by atoms with Gasteiger partial charge < -0.3 is 4.90 Å². The van der Waals surface area contributed by atoms with Crippen molar-refractivity contribution in [2.24, 2.45) is 0 Å². The number of halogens is 1. The molecular weight excluding hydrogens is 206 g/mol. The predicted octanol–water partition coefficient (Wildman–Crippen LogP) is 2.60. The molecule has 0 saturated carbocycles. The molecule has 0 aliphatic carbocycles. The summed E-state index contributed by atoms with van der Waals surface area (Å²) < 4.78 is 0. The number of hydrogen-bond donors (Lipinski definition) is 0. The van der Waals surface area contributed by atoms with Crippen molar-refractivity contribution in [3.8, 4) is 0 Å². The topological polar surface area (TPSA) is 3.24 Å². The van der Waals surface area contributed by atoms with Gasteiger partial charge in [-0.15, -0.1) is 11.6 Å². The minimum atomic E-state index is 0. The van der Waals surface area contributed by atoms with Gasteiger partial charge in [0.1, 0.15) is 0 Å². The van der Waals surface area contributed by atoms with Gasteiger partial charge in [0, 0.05) is 5.88 Å². The molecule has 0 aliphatic rings. The monoisotopic (exact) mass is 231 g/mol. The van der Waals surface area contributed by atoms with E-state index in [0.29, 0.717) is 0 Å². The van der Waals surface area contributed by atoms with Crippen LogP contribution in [0, 0.1) is 0 Å². The van der Waals surface area contributed by atoms with Crippen molar-refractivity contribution in [2.45, 2.75) is 46.0 Å². The molecule has 0 saturated heterocycles. The van der Waals surface area contributed by atoms with E-state index >= 15 is 0 Å². The molecule has 0 aliphatic heterocycles. The highest BCUT2D eigenvalue weighted by Gasteiger charge is 2.02. The van der Waals surface area contributed by atoms with E-state index in [1.165, 1.54) is 45.3 Å². The lowest BCUT2D eigenvalue weighted by Crippen LogP contribution is -2.27. The van der Waals surface area contributed by atoms with E-state index in [1.807, 2.05) is 0 Å². The minimum Gasteiger partial charge on any atom is -0.303 e.